The standard InChI is InChI=1S/C17H17BrN4O/c1-17(2,3)14-13-12(9-4-6-10(18)7-5-9)11(8-19)15(20)23-16(13)22-21-14/h4-7,12H,20H2,1-3H3,(H,21,22)/t12-/m0/s1. The summed E-state index contributed by atoms with van der Waals surface area (Å²) in [5.74, 6) is 0.268. The number of ether oxygens (including phenoxy) is 1. The van der Waals surface area contributed by atoms with Gasteiger partial charge in [0, 0.05) is 15.6 Å². The van der Waals surface area contributed by atoms with E-state index < -0.39 is 0 Å². The highest BCUT2D eigenvalue weighted by molar-refractivity contribution is 9.10. The Bertz CT molecular complexity index is 822. The normalized spacial score (nSPS) is 17.4. The fourth-order valence-electron chi connectivity index (χ4n) is 2.81. The van der Waals surface area contributed by atoms with E-state index in [4.69, 9.17) is 10.5 Å². The predicted molar refractivity (Wildman–Crippen MR) is 90.7 cm³/mol. The Morgan fingerprint density at radius 2 is 1.96 bits per heavy atom. The van der Waals surface area contributed by atoms with Crippen molar-refractivity contribution in [3.8, 4) is 11.9 Å². The van der Waals surface area contributed by atoms with Gasteiger partial charge in [0.25, 0.3) is 0 Å². The van der Waals surface area contributed by atoms with Crippen LogP contribution in [0.25, 0.3) is 0 Å². The van der Waals surface area contributed by atoms with Crippen LogP contribution in [0.15, 0.2) is 40.2 Å². The summed E-state index contributed by atoms with van der Waals surface area (Å²) in [6, 6.07) is 10.1. The zero-order valence-electron chi connectivity index (χ0n) is 13.1. The molecule has 0 radical (unpaired) electrons. The molecule has 118 valence electrons. The predicted octanol–water partition coefficient (Wildman–Crippen LogP) is 3.69. The van der Waals surface area contributed by atoms with Crippen LogP contribution >= 0.6 is 15.9 Å². The van der Waals surface area contributed by atoms with Gasteiger partial charge in [-0.05, 0) is 17.7 Å². The quantitative estimate of drug-likeness (QED) is 0.798. The van der Waals surface area contributed by atoms with Crippen molar-refractivity contribution >= 4 is 15.9 Å². The van der Waals surface area contributed by atoms with Crippen LogP contribution < -0.4 is 10.5 Å². The van der Waals surface area contributed by atoms with E-state index in [1.807, 2.05) is 24.3 Å². The second-order valence-corrected chi connectivity index (χ2v) is 7.46. The van der Waals surface area contributed by atoms with E-state index >= 15 is 0 Å². The average Bonchev–Trinajstić information content (AvgIpc) is 2.90. The molecule has 23 heavy (non-hydrogen) atoms. The minimum Gasteiger partial charge on any atom is -0.420 e. The maximum absolute atomic E-state index is 9.60. The molecule has 1 atom stereocenters. The Kier molecular flexibility index (Phi) is 3.69. The van der Waals surface area contributed by atoms with Crippen LogP contribution in [0, 0.1) is 11.3 Å². The molecule has 0 bridgehead atoms. The van der Waals surface area contributed by atoms with E-state index in [1.165, 1.54) is 0 Å². The first-order chi connectivity index (χ1) is 10.8. The van der Waals surface area contributed by atoms with Gasteiger partial charge in [0.2, 0.25) is 11.8 Å². The van der Waals surface area contributed by atoms with Gasteiger partial charge in [0.1, 0.15) is 11.6 Å². The van der Waals surface area contributed by atoms with Crippen LogP contribution in [0.1, 0.15) is 43.5 Å². The molecule has 0 fully saturated rings. The van der Waals surface area contributed by atoms with E-state index in [-0.39, 0.29) is 17.2 Å². The van der Waals surface area contributed by atoms with Crippen molar-refractivity contribution in [3.63, 3.8) is 0 Å². The molecule has 0 saturated heterocycles. The van der Waals surface area contributed by atoms with Crippen LogP contribution in [0.4, 0.5) is 0 Å². The van der Waals surface area contributed by atoms with Crippen LogP contribution in [0.5, 0.6) is 5.88 Å². The molecule has 1 aliphatic rings. The highest BCUT2D eigenvalue weighted by Gasteiger charge is 2.37. The summed E-state index contributed by atoms with van der Waals surface area (Å²) in [7, 11) is 0. The summed E-state index contributed by atoms with van der Waals surface area (Å²) in [6.07, 6.45) is 0. The Balaban J connectivity index is 2.26. The summed E-state index contributed by atoms with van der Waals surface area (Å²) in [6.45, 7) is 6.27. The zero-order chi connectivity index (χ0) is 16.8. The molecule has 1 aromatic carbocycles. The molecule has 2 heterocycles. The van der Waals surface area contributed by atoms with Crippen molar-refractivity contribution in [3.05, 3.63) is 57.0 Å². The van der Waals surface area contributed by atoms with E-state index in [2.05, 4.69) is 53.0 Å². The third-order valence-electron chi connectivity index (χ3n) is 3.89. The fourth-order valence-corrected chi connectivity index (χ4v) is 3.07. The molecule has 5 nitrogen and oxygen atoms in total. The molecule has 3 rings (SSSR count). The first-order valence-electron chi connectivity index (χ1n) is 7.24. The largest absolute Gasteiger partial charge is 0.420 e. The van der Waals surface area contributed by atoms with Gasteiger partial charge in [-0.15, -0.1) is 5.10 Å². The Morgan fingerprint density at radius 1 is 1.30 bits per heavy atom. The number of allylic oxidation sites excluding steroid dienone is 1. The van der Waals surface area contributed by atoms with Gasteiger partial charge in [0.05, 0.1) is 11.5 Å². The monoisotopic (exact) mass is 372 g/mol. The molecule has 0 amide bonds. The highest BCUT2D eigenvalue weighted by atomic mass is 79.9. The second kappa shape index (κ2) is 5.43. The van der Waals surface area contributed by atoms with Crippen molar-refractivity contribution in [2.75, 3.05) is 0 Å². The molecule has 0 unspecified atom stereocenters. The van der Waals surface area contributed by atoms with Crippen molar-refractivity contribution in [2.24, 2.45) is 5.73 Å². The van der Waals surface area contributed by atoms with Crippen molar-refractivity contribution in [2.45, 2.75) is 32.1 Å². The minimum absolute atomic E-state index is 0.111. The van der Waals surface area contributed by atoms with Gasteiger partial charge in [0.15, 0.2) is 0 Å². The lowest BCUT2D eigenvalue weighted by Gasteiger charge is -2.27. The fraction of sp³-hybridized carbons (Fsp3) is 0.294. The lowest BCUT2D eigenvalue weighted by Crippen LogP contribution is -2.23. The molecular weight excluding hydrogens is 356 g/mol. The van der Waals surface area contributed by atoms with Crippen molar-refractivity contribution in [1.82, 2.24) is 10.2 Å². The number of benzene rings is 1. The molecule has 1 aliphatic heterocycles. The van der Waals surface area contributed by atoms with Crippen molar-refractivity contribution < 1.29 is 4.74 Å². The maximum atomic E-state index is 9.60. The number of H-pyrrole nitrogens is 1. The van der Waals surface area contributed by atoms with Gasteiger partial charge < -0.3 is 10.5 Å². The number of halogens is 1. The SMILES string of the molecule is CC(C)(C)c1[nH]nc2c1[C@@H](c1ccc(Br)cc1)C(C#N)=C(N)O2. The first kappa shape index (κ1) is 15.6. The number of fused-ring (bicyclic) bond motifs is 1. The van der Waals surface area contributed by atoms with Gasteiger partial charge >= 0.3 is 0 Å². The molecule has 2 aromatic rings. The number of hydrogen-bond acceptors (Lipinski definition) is 4. The second-order valence-electron chi connectivity index (χ2n) is 6.54. The van der Waals surface area contributed by atoms with E-state index in [0.29, 0.717) is 11.5 Å². The van der Waals surface area contributed by atoms with Crippen molar-refractivity contribution in [1.29, 1.82) is 5.26 Å². The van der Waals surface area contributed by atoms with Crippen LogP contribution in [0.3, 0.4) is 0 Å². The summed E-state index contributed by atoms with van der Waals surface area (Å²) in [4.78, 5) is 0. The molecule has 0 spiro atoms. The average molecular weight is 373 g/mol. The van der Waals surface area contributed by atoms with Crippen LogP contribution in [-0.2, 0) is 5.41 Å². The van der Waals surface area contributed by atoms with E-state index in [0.717, 1.165) is 21.3 Å². The van der Waals surface area contributed by atoms with Gasteiger partial charge in [-0.25, -0.2) is 0 Å². The summed E-state index contributed by atoms with van der Waals surface area (Å²) < 4.78 is 6.55. The number of nitrogens with zero attached hydrogens (tertiary/aromatic N) is 2. The minimum atomic E-state index is -0.287. The molecular formula is C17H17BrN4O. The van der Waals surface area contributed by atoms with Gasteiger partial charge in [-0.1, -0.05) is 48.8 Å². The Hall–Kier alpha value is -2.26. The van der Waals surface area contributed by atoms with Crippen LogP contribution in [-0.4, -0.2) is 10.2 Å². The number of nitriles is 1. The summed E-state index contributed by atoms with van der Waals surface area (Å²) in [5, 5.41) is 16.9. The summed E-state index contributed by atoms with van der Waals surface area (Å²) in [5.41, 5.74) is 9.00. The maximum Gasteiger partial charge on any atom is 0.244 e. The number of nitrogens with two attached hydrogens (primary N) is 1. The zero-order valence-corrected chi connectivity index (χ0v) is 14.7. The van der Waals surface area contributed by atoms with Crippen LogP contribution in [0.2, 0.25) is 0 Å². The third kappa shape index (κ3) is 2.62. The summed E-state index contributed by atoms with van der Waals surface area (Å²) >= 11 is 3.44. The van der Waals surface area contributed by atoms with E-state index in [1.54, 1.807) is 0 Å². The lowest BCUT2D eigenvalue weighted by atomic mass is 9.79. The molecule has 0 saturated carbocycles. The number of aromatic amines is 1. The topological polar surface area (TPSA) is 87.7 Å². The molecule has 1 aromatic heterocycles. The number of rotatable bonds is 1. The molecule has 0 aliphatic carbocycles. The van der Waals surface area contributed by atoms with Gasteiger partial charge in [-0.3, -0.25) is 5.10 Å². The molecule has 3 N–H and O–H groups in total. The lowest BCUT2D eigenvalue weighted by molar-refractivity contribution is 0.378. The number of hydrogen-bond donors (Lipinski definition) is 2. The molecule has 6 heteroatoms. The van der Waals surface area contributed by atoms with Gasteiger partial charge in [-0.2, -0.15) is 5.26 Å². The first-order valence-corrected chi connectivity index (χ1v) is 8.04. The Labute approximate surface area is 143 Å². The Morgan fingerprint density at radius 3 is 2.52 bits per heavy atom. The number of nitrogens with one attached hydrogen (secondary N) is 1. The van der Waals surface area contributed by atoms with E-state index in [9.17, 15) is 5.26 Å². The highest BCUT2D eigenvalue weighted by Crippen LogP contribution is 2.45. The smallest absolute Gasteiger partial charge is 0.244 e. The number of aromatic nitrogens is 2. The third-order valence-corrected chi connectivity index (χ3v) is 4.42.